The molecular formula is C15H19NO5. The maximum absolute atomic E-state index is 12.1. The van der Waals surface area contributed by atoms with Crippen molar-refractivity contribution in [2.45, 2.75) is 19.8 Å². The molecule has 2 N–H and O–H groups in total. The molecule has 6 heteroatoms. The summed E-state index contributed by atoms with van der Waals surface area (Å²) in [5, 5.41) is 11.6. The van der Waals surface area contributed by atoms with Gasteiger partial charge in [0.2, 0.25) is 0 Å². The molecule has 114 valence electrons. The van der Waals surface area contributed by atoms with Crippen molar-refractivity contribution in [2.24, 2.45) is 5.92 Å². The number of carboxylic acids is 1. The third-order valence-corrected chi connectivity index (χ3v) is 3.40. The fraction of sp³-hybridized carbons (Fsp3) is 0.467. The normalized spacial score (nSPS) is 14.3. The van der Waals surface area contributed by atoms with E-state index < -0.39 is 5.97 Å². The zero-order valence-electron chi connectivity index (χ0n) is 11.9. The number of ether oxygens (including phenoxy) is 2. The summed E-state index contributed by atoms with van der Waals surface area (Å²) in [4.78, 5) is 22.8. The Kier molecular flexibility index (Phi) is 5.03. The van der Waals surface area contributed by atoms with Crippen LogP contribution in [0.3, 0.4) is 0 Å². The number of aliphatic carboxylic acids is 1. The van der Waals surface area contributed by atoms with E-state index in [2.05, 4.69) is 5.32 Å². The number of nitrogens with one attached hydrogen (secondary N) is 1. The predicted octanol–water partition coefficient (Wildman–Crippen LogP) is 1.69. The van der Waals surface area contributed by atoms with Crippen LogP contribution in [0.2, 0.25) is 0 Å². The van der Waals surface area contributed by atoms with Gasteiger partial charge in [-0.05, 0) is 24.1 Å². The van der Waals surface area contributed by atoms with E-state index in [4.69, 9.17) is 14.6 Å². The van der Waals surface area contributed by atoms with Gasteiger partial charge in [-0.25, -0.2) is 0 Å². The van der Waals surface area contributed by atoms with Crippen LogP contribution in [0.1, 0.15) is 30.1 Å². The van der Waals surface area contributed by atoms with E-state index in [-0.39, 0.29) is 18.2 Å². The van der Waals surface area contributed by atoms with Gasteiger partial charge in [-0.3, -0.25) is 9.59 Å². The van der Waals surface area contributed by atoms with Crippen LogP contribution in [-0.2, 0) is 4.79 Å². The summed E-state index contributed by atoms with van der Waals surface area (Å²) < 4.78 is 10.8. The minimum absolute atomic E-state index is 0.0535. The summed E-state index contributed by atoms with van der Waals surface area (Å²) in [5.41, 5.74) is 0.476. The van der Waals surface area contributed by atoms with E-state index in [1.807, 2.05) is 6.92 Å². The molecule has 6 nitrogen and oxygen atoms in total. The maximum Gasteiger partial charge on any atom is 0.303 e. The first-order valence-corrected chi connectivity index (χ1v) is 6.99. The molecule has 2 rings (SSSR count). The maximum atomic E-state index is 12.1. The minimum atomic E-state index is -0.851. The van der Waals surface area contributed by atoms with Crippen LogP contribution in [0.5, 0.6) is 11.5 Å². The molecular weight excluding hydrogens is 274 g/mol. The lowest BCUT2D eigenvalue weighted by molar-refractivity contribution is -0.138. The van der Waals surface area contributed by atoms with Gasteiger partial charge in [0, 0.05) is 18.5 Å². The fourth-order valence-electron chi connectivity index (χ4n) is 2.13. The van der Waals surface area contributed by atoms with Gasteiger partial charge in [0.25, 0.3) is 5.91 Å². The van der Waals surface area contributed by atoms with E-state index in [9.17, 15) is 9.59 Å². The van der Waals surface area contributed by atoms with Gasteiger partial charge in [0.1, 0.15) is 13.2 Å². The van der Waals surface area contributed by atoms with Crippen LogP contribution in [0.25, 0.3) is 0 Å². The highest BCUT2D eigenvalue weighted by atomic mass is 16.6. The van der Waals surface area contributed by atoms with Gasteiger partial charge >= 0.3 is 5.97 Å². The highest BCUT2D eigenvalue weighted by Crippen LogP contribution is 2.30. The summed E-state index contributed by atoms with van der Waals surface area (Å²) in [6.45, 7) is 3.22. The molecule has 1 aromatic carbocycles. The molecule has 0 saturated carbocycles. The number of rotatable bonds is 6. The quantitative estimate of drug-likeness (QED) is 0.833. The Labute approximate surface area is 123 Å². The average molecular weight is 293 g/mol. The molecule has 0 aliphatic carbocycles. The number of amides is 1. The lowest BCUT2D eigenvalue weighted by Gasteiger charge is -2.19. The zero-order valence-corrected chi connectivity index (χ0v) is 11.9. The molecule has 1 heterocycles. The molecule has 1 atom stereocenters. The Bertz CT molecular complexity index is 529. The summed E-state index contributed by atoms with van der Waals surface area (Å²) in [5.74, 6) is 0.0384. The Hall–Kier alpha value is -2.24. The van der Waals surface area contributed by atoms with Crippen molar-refractivity contribution in [3.63, 3.8) is 0 Å². The van der Waals surface area contributed by atoms with Crippen molar-refractivity contribution < 1.29 is 24.2 Å². The number of benzene rings is 1. The van der Waals surface area contributed by atoms with E-state index in [1.54, 1.807) is 18.2 Å². The third kappa shape index (κ3) is 4.11. The van der Waals surface area contributed by atoms with Crippen LogP contribution in [0.4, 0.5) is 0 Å². The fourth-order valence-corrected chi connectivity index (χ4v) is 2.13. The molecule has 21 heavy (non-hydrogen) atoms. The van der Waals surface area contributed by atoms with Crippen molar-refractivity contribution >= 4 is 11.9 Å². The van der Waals surface area contributed by atoms with Crippen molar-refractivity contribution in [1.82, 2.24) is 5.32 Å². The molecule has 1 aromatic rings. The monoisotopic (exact) mass is 293 g/mol. The van der Waals surface area contributed by atoms with Gasteiger partial charge < -0.3 is 19.9 Å². The lowest BCUT2D eigenvalue weighted by Crippen LogP contribution is -2.30. The van der Waals surface area contributed by atoms with Crippen molar-refractivity contribution in [1.29, 1.82) is 0 Å². The molecule has 0 spiro atoms. The molecule has 1 unspecified atom stereocenters. The van der Waals surface area contributed by atoms with Crippen LogP contribution < -0.4 is 14.8 Å². The second-order valence-electron chi connectivity index (χ2n) is 4.94. The molecule has 1 amide bonds. The van der Waals surface area contributed by atoms with Crippen molar-refractivity contribution in [3.8, 4) is 11.5 Å². The summed E-state index contributed by atoms with van der Waals surface area (Å²) in [7, 11) is 0. The highest BCUT2D eigenvalue weighted by molar-refractivity contribution is 5.94. The van der Waals surface area contributed by atoms with Gasteiger partial charge in [0.15, 0.2) is 11.5 Å². The van der Waals surface area contributed by atoms with Gasteiger partial charge in [-0.1, -0.05) is 13.3 Å². The molecule has 0 fully saturated rings. The first-order valence-electron chi connectivity index (χ1n) is 6.99. The number of hydrogen-bond donors (Lipinski definition) is 2. The van der Waals surface area contributed by atoms with Gasteiger partial charge in [-0.2, -0.15) is 0 Å². The molecule has 0 aromatic heterocycles. The van der Waals surface area contributed by atoms with Gasteiger partial charge in [0.05, 0.1) is 0 Å². The number of fused-ring (bicyclic) bond motifs is 1. The standard InChI is InChI=1S/C15H19NO5/c1-2-10(7-14(17)18)9-16-15(19)11-3-4-12-13(8-11)21-6-5-20-12/h3-4,8,10H,2,5-7,9H2,1H3,(H,16,19)(H,17,18). The van der Waals surface area contributed by atoms with Crippen LogP contribution in [0, 0.1) is 5.92 Å². The van der Waals surface area contributed by atoms with Gasteiger partial charge in [-0.15, -0.1) is 0 Å². The van der Waals surface area contributed by atoms with E-state index in [1.165, 1.54) is 0 Å². The number of carbonyl (C=O) groups is 2. The van der Waals surface area contributed by atoms with Crippen LogP contribution >= 0.6 is 0 Å². The van der Waals surface area contributed by atoms with Crippen molar-refractivity contribution in [2.75, 3.05) is 19.8 Å². The van der Waals surface area contributed by atoms with Crippen molar-refractivity contribution in [3.05, 3.63) is 23.8 Å². The highest BCUT2D eigenvalue weighted by Gasteiger charge is 2.16. The second-order valence-corrected chi connectivity index (χ2v) is 4.94. The summed E-state index contributed by atoms with van der Waals surface area (Å²) in [6.07, 6.45) is 0.756. The Morgan fingerprint density at radius 3 is 2.67 bits per heavy atom. The number of hydrogen-bond acceptors (Lipinski definition) is 4. The van der Waals surface area contributed by atoms with Crippen LogP contribution in [0.15, 0.2) is 18.2 Å². The molecule has 0 saturated heterocycles. The molecule has 1 aliphatic rings. The number of carbonyl (C=O) groups excluding carboxylic acids is 1. The zero-order chi connectivity index (χ0) is 15.2. The topological polar surface area (TPSA) is 84.9 Å². The van der Waals surface area contributed by atoms with E-state index in [0.717, 1.165) is 0 Å². The molecule has 0 bridgehead atoms. The van der Waals surface area contributed by atoms with E-state index in [0.29, 0.717) is 43.2 Å². The summed E-state index contributed by atoms with van der Waals surface area (Å²) >= 11 is 0. The first kappa shape index (κ1) is 15.2. The second kappa shape index (κ2) is 6.97. The Morgan fingerprint density at radius 1 is 1.29 bits per heavy atom. The van der Waals surface area contributed by atoms with Crippen LogP contribution in [-0.4, -0.2) is 36.7 Å². The number of carboxylic acid groups (broad SMARTS) is 1. The lowest BCUT2D eigenvalue weighted by atomic mass is 10.0. The molecule has 1 aliphatic heterocycles. The SMILES string of the molecule is CCC(CNC(=O)c1ccc2c(c1)OCCO2)CC(=O)O. The minimum Gasteiger partial charge on any atom is -0.486 e. The first-order chi connectivity index (χ1) is 10.1. The Balaban J connectivity index is 1.95. The summed E-state index contributed by atoms with van der Waals surface area (Å²) in [6, 6.07) is 5.01. The van der Waals surface area contributed by atoms with E-state index >= 15 is 0 Å². The largest absolute Gasteiger partial charge is 0.486 e. The Morgan fingerprint density at radius 2 is 2.00 bits per heavy atom. The molecule has 0 radical (unpaired) electrons. The average Bonchev–Trinajstić information content (AvgIpc) is 2.50. The third-order valence-electron chi connectivity index (χ3n) is 3.40. The smallest absolute Gasteiger partial charge is 0.303 e. The predicted molar refractivity (Wildman–Crippen MR) is 75.8 cm³/mol.